The van der Waals surface area contributed by atoms with Crippen LogP contribution in [0.15, 0.2) is 60.0 Å². The van der Waals surface area contributed by atoms with Crippen LogP contribution in [0.3, 0.4) is 0 Å². The zero-order chi connectivity index (χ0) is 19.3. The molecule has 3 aromatic rings. The number of piperazine rings is 1. The molecule has 0 aliphatic carbocycles. The molecule has 2 aromatic carbocycles. The van der Waals surface area contributed by atoms with E-state index < -0.39 is 0 Å². The second kappa shape index (κ2) is 8.86. The summed E-state index contributed by atoms with van der Waals surface area (Å²) in [6, 6.07) is 18.1. The highest BCUT2D eigenvalue weighted by molar-refractivity contribution is 7.13. The molecule has 0 atom stereocenters. The summed E-state index contributed by atoms with van der Waals surface area (Å²) < 4.78 is 0. The fourth-order valence-corrected chi connectivity index (χ4v) is 4.32. The van der Waals surface area contributed by atoms with Crippen molar-refractivity contribution in [1.29, 1.82) is 0 Å². The van der Waals surface area contributed by atoms with E-state index >= 15 is 0 Å². The zero-order valence-electron chi connectivity index (χ0n) is 15.6. The van der Waals surface area contributed by atoms with Crippen molar-refractivity contribution in [2.45, 2.75) is 13.0 Å². The van der Waals surface area contributed by atoms with Gasteiger partial charge in [-0.1, -0.05) is 54.1 Å². The largest absolute Gasteiger partial charge is 0.340 e. The lowest BCUT2D eigenvalue weighted by molar-refractivity contribution is -0.132. The third-order valence-corrected chi connectivity index (χ3v) is 6.14. The predicted molar refractivity (Wildman–Crippen MR) is 115 cm³/mol. The van der Waals surface area contributed by atoms with E-state index in [4.69, 9.17) is 11.6 Å². The van der Waals surface area contributed by atoms with Crippen LogP contribution in [0.1, 0.15) is 11.3 Å². The fourth-order valence-electron chi connectivity index (χ4n) is 3.37. The maximum atomic E-state index is 12.7. The van der Waals surface area contributed by atoms with Gasteiger partial charge >= 0.3 is 0 Å². The van der Waals surface area contributed by atoms with E-state index in [1.807, 2.05) is 52.7 Å². The number of nitrogens with zero attached hydrogens (tertiary/aromatic N) is 3. The van der Waals surface area contributed by atoms with Crippen molar-refractivity contribution in [3.05, 3.63) is 76.3 Å². The molecule has 4 rings (SSSR count). The summed E-state index contributed by atoms with van der Waals surface area (Å²) in [5.41, 5.74) is 3.21. The Morgan fingerprint density at radius 3 is 2.43 bits per heavy atom. The molecule has 0 bridgehead atoms. The number of carbonyl (C=O) groups is 1. The van der Waals surface area contributed by atoms with Gasteiger partial charge in [0, 0.05) is 48.7 Å². The summed E-state index contributed by atoms with van der Waals surface area (Å²) in [5.74, 6) is 0.163. The third-order valence-electron chi connectivity index (χ3n) is 4.95. The Labute approximate surface area is 174 Å². The number of thiazole rings is 1. The van der Waals surface area contributed by atoms with Crippen molar-refractivity contribution in [2.75, 3.05) is 26.2 Å². The smallest absolute Gasteiger partial charge is 0.228 e. The van der Waals surface area contributed by atoms with Crippen molar-refractivity contribution in [1.82, 2.24) is 14.8 Å². The minimum absolute atomic E-state index is 0.163. The molecule has 6 heteroatoms. The average molecular weight is 412 g/mol. The second-order valence-electron chi connectivity index (χ2n) is 6.97. The molecule has 1 fully saturated rings. The number of halogens is 1. The molecule has 1 aromatic heterocycles. The first-order valence-electron chi connectivity index (χ1n) is 9.42. The normalized spacial score (nSPS) is 15.0. The first-order chi connectivity index (χ1) is 13.7. The molecule has 1 saturated heterocycles. The van der Waals surface area contributed by atoms with Crippen LogP contribution in [0.2, 0.25) is 5.02 Å². The highest BCUT2D eigenvalue weighted by Gasteiger charge is 2.22. The van der Waals surface area contributed by atoms with E-state index in [0.717, 1.165) is 54.0 Å². The summed E-state index contributed by atoms with van der Waals surface area (Å²) in [6.07, 6.45) is 0.376. The predicted octanol–water partition coefficient (Wildman–Crippen LogP) is 4.35. The summed E-state index contributed by atoms with van der Waals surface area (Å²) in [6.45, 7) is 4.21. The van der Waals surface area contributed by atoms with E-state index in [1.54, 1.807) is 11.3 Å². The maximum Gasteiger partial charge on any atom is 0.228 e. The lowest BCUT2D eigenvalue weighted by atomic mass is 10.2. The Morgan fingerprint density at radius 1 is 1.00 bits per heavy atom. The minimum atomic E-state index is 0.163. The molecule has 1 aliphatic heterocycles. The van der Waals surface area contributed by atoms with Crippen LogP contribution < -0.4 is 0 Å². The summed E-state index contributed by atoms with van der Waals surface area (Å²) in [7, 11) is 0. The van der Waals surface area contributed by atoms with Gasteiger partial charge in [0.2, 0.25) is 5.91 Å². The van der Waals surface area contributed by atoms with Gasteiger partial charge in [-0.2, -0.15) is 0 Å². The van der Waals surface area contributed by atoms with Crippen molar-refractivity contribution in [3.8, 4) is 10.6 Å². The number of rotatable bonds is 5. The zero-order valence-corrected chi connectivity index (χ0v) is 17.1. The molecular weight excluding hydrogens is 390 g/mol. The SMILES string of the molecule is O=C(Cc1csc(-c2ccccc2)n1)N1CCN(Cc2ccc(Cl)cc2)CC1. The quantitative estimate of drug-likeness (QED) is 0.626. The molecule has 0 spiro atoms. The third kappa shape index (κ3) is 4.79. The molecule has 4 nitrogen and oxygen atoms in total. The Kier molecular flexibility index (Phi) is 6.05. The first-order valence-corrected chi connectivity index (χ1v) is 10.7. The Morgan fingerprint density at radius 2 is 1.71 bits per heavy atom. The van der Waals surface area contributed by atoms with Gasteiger partial charge in [0.15, 0.2) is 0 Å². The standard InChI is InChI=1S/C22H22ClN3OS/c23-19-8-6-17(7-9-19)15-25-10-12-26(13-11-25)21(27)14-20-16-28-22(24-20)18-4-2-1-3-5-18/h1-9,16H,10-15H2. The fraction of sp³-hybridized carbons (Fsp3) is 0.273. The lowest BCUT2D eigenvalue weighted by Gasteiger charge is -2.34. The summed E-state index contributed by atoms with van der Waals surface area (Å²) >= 11 is 7.54. The Hall–Kier alpha value is -2.21. The van der Waals surface area contributed by atoms with Crippen LogP contribution in [0.25, 0.3) is 10.6 Å². The number of benzene rings is 2. The van der Waals surface area contributed by atoms with Crippen molar-refractivity contribution >= 4 is 28.8 Å². The van der Waals surface area contributed by atoms with E-state index in [1.165, 1.54) is 5.56 Å². The van der Waals surface area contributed by atoms with Gasteiger partial charge in [-0.3, -0.25) is 9.69 Å². The highest BCUT2D eigenvalue weighted by Crippen LogP contribution is 2.23. The molecule has 0 N–H and O–H groups in total. The number of carbonyl (C=O) groups excluding carboxylic acids is 1. The number of aromatic nitrogens is 1. The second-order valence-corrected chi connectivity index (χ2v) is 8.26. The van der Waals surface area contributed by atoms with Crippen LogP contribution >= 0.6 is 22.9 Å². The maximum absolute atomic E-state index is 12.7. The summed E-state index contributed by atoms with van der Waals surface area (Å²) in [4.78, 5) is 21.7. The topological polar surface area (TPSA) is 36.4 Å². The lowest BCUT2D eigenvalue weighted by Crippen LogP contribution is -2.48. The van der Waals surface area contributed by atoms with Gasteiger partial charge in [-0.05, 0) is 17.7 Å². The van der Waals surface area contributed by atoms with Gasteiger partial charge < -0.3 is 4.90 Å². The molecule has 1 amide bonds. The van der Waals surface area contributed by atoms with Crippen LogP contribution in [-0.2, 0) is 17.8 Å². The van der Waals surface area contributed by atoms with Crippen molar-refractivity contribution in [3.63, 3.8) is 0 Å². The van der Waals surface area contributed by atoms with E-state index in [-0.39, 0.29) is 5.91 Å². The van der Waals surface area contributed by atoms with Gasteiger partial charge in [0.1, 0.15) is 5.01 Å². The van der Waals surface area contributed by atoms with Gasteiger partial charge in [0.25, 0.3) is 0 Å². The number of hydrogen-bond donors (Lipinski definition) is 0. The van der Waals surface area contributed by atoms with E-state index in [2.05, 4.69) is 22.0 Å². The summed E-state index contributed by atoms with van der Waals surface area (Å²) in [5, 5.41) is 3.73. The van der Waals surface area contributed by atoms with Crippen LogP contribution in [-0.4, -0.2) is 46.9 Å². The van der Waals surface area contributed by atoms with E-state index in [0.29, 0.717) is 6.42 Å². The minimum Gasteiger partial charge on any atom is -0.340 e. The Bertz CT molecular complexity index is 918. The van der Waals surface area contributed by atoms with E-state index in [9.17, 15) is 4.79 Å². The van der Waals surface area contributed by atoms with Crippen molar-refractivity contribution < 1.29 is 4.79 Å². The van der Waals surface area contributed by atoms with Crippen LogP contribution in [0.5, 0.6) is 0 Å². The Balaban J connectivity index is 1.28. The molecule has 0 radical (unpaired) electrons. The van der Waals surface area contributed by atoms with Gasteiger partial charge in [-0.15, -0.1) is 11.3 Å². The molecular formula is C22H22ClN3OS. The monoisotopic (exact) mass is 411 g/mol. The van der Waals surface area contributed by atoms with Crippen LogP contribution in [0, 0.1) is 0 Å². The first kappa shape index (κ1) is 19.1. The molecule has 28 heavy (non-hydrogen) atoms. The van der Waals surface area contributed by atoms with Crippen LogP contribution in [0.4, 0.5) is 0 Å². The van der Waals surface area contributed by atoms with Gasteiger partial charge in [0.05, 0.1) is 12.1 Å². The number of hydrogen-bond acceptors (Lipinski definition) is 4. The molecule has 1 aliphatic rings. The molecule has 2 heterocycles. The molecule has 144 valence electrons. The highest BCUT2D eigenvalue weighted by atomic mass is 35.5. The molecule has 0 saturated carbocycles. The van der Waals surface area contributed by atoms with Gasteiger partial charge in [-0.25, -0.2) is 4.98 Å². The average Bonchev–Trinajstić information content (AvgIpc) is 3.19. The van der Waals surface area contributed by atoms with Crippen molar-refractivity contribution in [2.24, 2.45) is 0 Å². The molecule has 0 unspecified atom stereocenters. The number of amides is 1.